The van der Waals surface area contributed by atoms with Gasteiger partial charge in [0.1, 0.15) is 12.4 Å². The summed E-state index contributed by atoms with van der Waals surface area (Å²) < 4.78 is 5.86. The Kier molecular flexibility index (Phi) is 4.43. The molecule has 0 aliphatic carbocycles. The number of nitrogens with one attached hydrogen (secondary N) is 1. The van der Waals surface area contributed by atoms with E-state index in [9.17, 15) is 4.79 Å². The van der Waals surface area contributed by atoms with E-state index in [1.807, 2.05) is 23.6 Å². The van der Waals surface area contributed by atoms with Gasteiger partial charge in [0.05, 0.1) is 17.1 Å². The van der Waals surface area contributed by atoms with E-state index in [4.69, 9.17) is 4.74 Å². The number of hydrogen-bond acceptors (Lipinski definition) is 6. The fraction of sp³-hybridized carbons (Fsp3) is 0.294. The third-order valence-corrected chi connectivity index (χ3v) is 4.99. The Hall–Kier alpha value is -2.74. The van der Waals surface area contributed by atoms with Crippen LogP contribution in [0, 0.1) is 0 Å². The van der Waals surface area contributed by atoms with Crippen molar-refractivity contribution in [2.24, 2.45) is 0 Å². The maximum absolute atomic E-state index is 12.7. The molecular weight excluding hydrogens is 338 g/mol. The van der Waals surface area contributed by atoms with Crippen LogP contribution < -0.4 is 4.74 Å². The predicted molar refractivity (Wildman–Crippen MR) is 93.5 cm³/mol. The highest BCUT2D eigenvalue weighted by Crippen LogP contribution is 2.24. The number of nitrogens with zero attached hydrogens (tertiary/aromatic N) is 4. The van der Waals surface area contributed by atoms with E-state index in [0.717, 1.165) is 23.4 Å². The van der Waals surface area contributed by atoms with Crippen LogP contribution in [0.1, 0.15) is 23.3 Å². The van der Waals surface area contributed by atoms with E-state index < -0.39 is 0 Å². The molecule has 1 unspecified atom stereocenters. The van der Waals surface area contributed by atoms with Crippen molar-refractivity contribution < 1.29 is 9.53 Å². The molecule has 128 valence electrons. The fourth-order valence-electron chi connectivity index (χ4n) is 2.89. The molecule has 4 rings (SSSR count). The highest BCUT2D eigenvalue weighted by molar-refractivity contribution is 7.13. The number of hydrogen-bond donors (Lipinski definition) is 1. The van der Waals surface area contributed by atoms with Gasteiger partial charge in [-0.3, -0.25) is 9.89 Å². The number of piperidine rings is 1. The largest absolute Gasteiger partial charge is 0.472 e. The minimum atomic E-state index is -0.0740. The molecular formula is C17H17N5O2S. The van der Waals surface area contributed by atoms with Gasteiger partial charge in [-0.1, -0.05) is 6.07 Å². The summed E-state index contributed by atoms with van der Waals surface area (Å²) >= 11 is 1.61. The Morgan fingerprint density at radius 1 is 1.40 bits per heavy atom. The first-order valence-corrected chi connectivity index (χ1v) is 8.99. The van der Waals surface area contributed by atoms with Crippen molar-refractivity contribution in [1.82, 2.24) is 25.1 Å². The van der Waals surface area contributed by atoms with Crippen LogP contribution in [0.15, 0.2) is 42.2 Å². The Labute approximate surface area is 148 Å². The molecule has 7 nitrogen and oxygen atoms in total. The number of carbonyl (C=O) groups excluding carboxylic acids is 1. The average molecular weight is 355 g/mol. The summed E-state index contributed by atoms with van der Waals surface area (Å²) in [6.07, 6.45) is 4.82. The third-order valence-electron chi connectivity index (χ3n) is 4.09. The molecule has 25 heavy (non-hydrogen) atoms. The first-order valence-electron chi connectivity index (χ1n) is 8.11. The number of ether oxygens (including phenoxy) is 1. The van der Waals surface area contributed by atoms with Crippen molar-refractivity contribution >= 4 is 17.2 Å². The second kappa shape index (κ2) is 7.02. The molecule has 0 aromatic carbocycles. The van der Waals surface area contributed by atoms with Crippen molar-refractivity contribution in [2.45, 2.75) is 18.9 Å². The molecule has 1 fully saturated rings. The molecule has 1 N–H and O–H groups in total. The SMILES string of the molecule is O=C(c1cc(-c2cccs2)[nH]n1)N1CCCC(Oc2ccncn2)C1. The topological polar surface area (TPSA) is 84.0 Å². The fourth-order valence-corrected chi connectivity index (χ4v) is 3.58. The predicted octanol–water partition coefficient (Wildman–Crippen LogP) is 2.61. The lowest BCUT2D eigenvalue weighted by Crippen LogP contribution is -2.44. The molecule has 1 aliphatic heterocycles. The number of aromatic nitrogens is 4. The van der Waals surface area contributed by atoms with Gasteiger partial charge < -0.3 is 9.64 Å². The van der Waals surface area contributed by atoms with Gasteiger partial charge >= 0.3 is 0 Å². The van der Waals surface area contributed by atoms with E-state index in [2.05, 4.69) is 20.2 Å². The summed E-state index contributed by atoms with van der Waals surface area (Å²) in [6.45, 7) is 1.24. The minimum Gasteiger partial charge on any atom is -0.472 e. The number of aromatic amines is 1. The lowest BCUT2D eigenvalue weighted by atomic mass is 10.1. The summed E-state index contributed by atoms with van der Waals surface area (Å²) in [7, 11) is 0. The molecule has 1 saturated heterocycles. The lowest BCUT2D eigenvalue weighted by molar-refractivity contribution is 0.0522. The number of amides is 1. The third kappa shape index (κ3) is 3.53. The van der Waals surface area contributed by atoms with Crippen molar-refractivity contribution in [3.63, 3.8) is 0 Å². The maximum Gasteiger partial charge on any atom is 0.274 e. The van der Waals surface area contributed by atoms with Crippen LogP contribution >= 0.6 is 11.3 Å². The second-order valence-corrected chi connectivity index (χ2v) is 6.77. The van der Waals surface area contributed by atoms with Crippen LogP contribution in [-0.2, 0) is 0 Å². The summed E-state index contributed by atoms with van der Waals surface area (Å²) in [6, 6.07) is 7.51. The van der Waals surface area contributed by atoms with Gasteiger partial charge in [-0.2, -0.15) is 5.10 Å². The standard InChI is InChI=1S/C17H17N5O2S/c23-17(14-9-13(20-21-14)15-4-2-8-25-15)22-7-1-3-12(10-22)24-16-5-6-18-11-19-16/h2,4-6,8-9,11-12H,1,3,7,10H2,(H,20,21). The van der Waals surface area contributed by atoms with Gasteiger partial charge in [0.2, 0.25) is 5.88 Å². The zero-order valence-corrected chi connectivity index (χ0v) is 14.3. The highest BCUT2D eigenvalue weighted by atomic mass is 32.1. The van der Waals surface area contributed by atoms with Gasteiger partial charge in [0.25, 0.3) is 5.91 Å². The first kappa shape index (κ1) is 15.8. The van der Waals surface area contributed by atoms with Gasteiger partial charge in [0, 0.05) is 18.8 Å². The van der Waals surface area contributed by atoms with E-state index in [1.54, 1.807) is 28.5 Å². The van der Waals surface area contributed by atoms with Crippen molar-refractivity contribution in [3.8, 4) is 16.5 Å². The zero-order chi connectivity index (χ0) is 17.1. The monoisotopic (exact) mass is 355 g/mol. The van der Waals surface area contributed by atoms with E-state index in [-0.39, 0.29) is 12.0 Å². The molecule has 1 amide bonds. The van der Waals surface area contributed by atoms with Crippen LogP contribution in [0.5, 0.6) is 5.88 Å². The number of carbonyl (C=O) groups is 1. The quantitative estimate of drug-likeness (QED) is 0.778. The van der Waals surface area contributed by atoms with Crippen molar-refractivity contribution in [3.05, 3.63) is 47.9 Å². The zero-order valence-electron chi connectivity index (χ0n) is 13.5. The Morgan fingerprint density at radius 2 is 2.36 bits per heavy atom. The van der Waals surface area contributed by atoms with E-state index in [0.29, 0.717) is 24.7 Å². The highest BCUT2D eigenvalue weighted by Gasteiger charge is 2.27. The molecule has 8 heteroatoms. The minimum absolute atomic E-state index is 0.0664. The summed E-state index contributed by atoms with van der Waals surface area (Å²) in [5.41, 5.74) is 1.30. The molecule has 1 atom stereocenters. The van der Waals surface area contributed by atoms with Crippen LogP contribution in [0.4, 0.5) is 0 Å². The van der Waals surface area contributed by atoms with Gasteiger partial charge in [-0.05, 0) is 30.4 Å². The van der Waals surface area contributed by atoms with Crippen molar-refractivity contribution in [1.29, 1.82) is 0 Å². The van der Waals surface area contributed by atoms with Gasteiger partial charge in [-0.15, -0.1) is 11.3 Å². The van der Waals surface area contributed by atoms with E-state index in [1.165, 1.54) is 6.33 Å². The Bertz CT molecular complexity index is 834. The van der Waals surface area contributed by atoms with Crippen molar-refractivity contribution in [2.75, 3.05) is 13.1 Å². The normalized spacial score (nSPS) is 17.4. The molecule has 0 saturated carbocycles. The maximum atomic E-state index is 12.7. The first-order chi connectivity index (χ1) is 12.3. The molecule has 1 aliphatic rings. The molecule has 0 bridgehead atoms. The lowest BCUT2D eigenvalue weighted by Gasteiger charge is -2.32. The van der Waals surface area contributed by atoms with Crippen LogP contribution in [0.3, 0.4) is 0 Å². The van der Waals surface area contributed by atoms with Crippen LogP contribution in [0.25, 0.3) is 10.6 Å². The number of thiophene rings is 1. The Balaban J connectivity index is 1.43. The average Bonchev–Trinajstić information content (AvgIpc) is 3.34. The summed E-state index contributed by atoms with van der Waals surface area (Å²) in [4.78, 5) is 23.6. The molecule has 3 aromatic rings. The van der Waals surface area contributed by atoms with Crippen LogP contribution in [-0.4, -0.2) is 50.2 Å². The number of likely N-dealkylation sites (tertiary alicyclic amines) is 1. The van der Waals surface area contributed by atoms with Gasteiger partial charge in [-0.25, -0.2) is 9.97 Å². The van der Waals surface area contributed by atoms with E-state index >= 15 is 0 Å². The van der Waals surface area contributed by atoms with Gasteiger partial charge in [0.15, 0.2) is 5.69 Å². The molecule has 3 aromatic heterocycles. The molecule has 0 radical (unpaired) electrons. The number of H-pyrrole nitrogens is 1. The summed E-state index contributed by atoms with van der Waals surface area (Å²) in [5.74, 6) is 0.462. The second-order valence-electron chi connectivity index (χ2n) is 5.83. The smallest absolute Gasteiger partial charge is 0.274 e. The summed E-state index contributed by atoms with van der Waals surface area (Å²) in [5, 5.41) is 9.13. The van der Waals surface area contributed by atoms with Crippen LogP contribution in [0.2, 0.25) is 0 Å². The Morgan fingerprint density at radius 3 is 3.16 bits per heavy atom. The number of rotatable bonds is 4. The molecule has 0 spiro atoms. The molecule has 4 heterocycles.